The summed E-state index contributed by atoms with van der Waals surface area (Å²) in [5.41, 5.74) is 0.877. The van der Waals surface area contributed by atoms with Crippen molar-refractivity contribution in [3.63, 3.8) is 0 Å². The monoisotopic (exact) mass is 598 g/mol. The number of benzene rings is 2. The minimum Gasteiger partial charge on any atom is -0.477 e. The van der Waals surface area contributed by atoms with Crippen molar-refractivity contribution in [1.29, 1.82) is 0 Å². The number of aryl methyl sites for hydroxylation is 1. The second kappa shape index (κ2) is 12.5. The zero-order valence-corrected chi connectivity index (χ0v) is 22.5. The molecule has 3 aromatic heterocycles. The number of carbonyl (C=O) groups is 1. The molecule has 0 atom stereocenters. The normalized spacial score (nSPS) is 11.4. The lowest BCUT2D eigenvalue weighted by molar-refractivity contribution is -0.130. The van der Waals surface area contributed by atoms with Gasteiger partial charge in [-0.2, -0.15) is 8.78 Å². The Balaban J connectivity index is 1.41. The van der Waals surface area contributed by atoms with Crippen LogP contribution in [0.1, 0.15) is 33.0 Å². The standard InChI is InChI=1S/C30H23F5N4O4/c1-16-5-6-17(20(31)11-16)15-43-27-4-2-3-23(37-27)19-14-21(32)18(12-22(19)33)13-26-36-24-7-8-25(29(40)41)38-28(24)39(26)9-10-42-30(34)35/h2-8,11-12,14,30H,9-10,13,15H2,1H3,(H,40,41). The van der Waals surface area contributed by atoms with Crippen LogP contribution in [0.4, 0.5) is 22.0 Å². The summed E-state index contributed by atoms with van der Waals surface area (Å²) in [5.74, 6) is -3.14. The van der Waals surface area contributed by atoms with Gasteiger partial charge in [0.2, 0.25) is 5.88 Å². The minimum absolute atomic E-state index is 0.0665. The van der Waals surface area contributed by atoms with E-state index in [9.17, 15) is 23.1 Å². The van der Waals surface area contributed by atoms with Crippen LogP contribution in [-0.2, 0) is 24.3 Å². The number of halogens is 5. The lowest BCUT2D eigenvalue weighted by Gasteiger charge is -2.12. The van der Waals surface area contributed by atoms with Crippen molar-refractivity contribution in [3.8, 4) is 17.1 Å². The van der Waals surface area contributed by atoms with Crippen molar-refractivity contribution in [2.75, 3.05) is 6.61 Å². The predicted octanol–water partition coefficient (Wildman–Crippen LogP) is 6.33. The van der Waals surface area contributed by atoms with E-state index in [1.807, 2.05) is 0 Å². The Hall–Kier alpha value is -4.91. The topological polar surface area (TPSA) is 99.4 Å². The van der Waals surface area contributed by atoms with Crippen LogP contribution in [0.15, 0.2) is 60.7 Å². The fourth-order valence-electron chi connectivity index (χ4n) is 4.43. The number of alkyl halides is 2. The summed E-state index contributed by atoms with van der Waals surface area (Å²) in [5, 5.41) is 9.30. The number of hydrogen-bond acceptors (Lipinski definition) is 6. The number of imidazole rings is 1. The molecule has 0 aliphatic heterocycles. The molecule has 2 aromatic carbocycles. The second-order valence-corrected chi connectivity index (χ2v) is 9.50. The average molecular weight is 599 g/mol. The highest BCUT2D eigenvalue weighted by molar-refractivity contribution is 5.88. The molecule has 0 aliphatic carbocycles. The second-order valence-electron chi connectivity index (χ2n) is 9.50. The third kappa shape index (κ3) is 6.78. The number of pyridine rings is 2. The van der Waals surface area contributed by atoms with Crippen LogP contribution in [0.3, 0.4) is 0 Å². The van der Waals surface area contributed by atoms with Crippen molar-refractivity contribution in [2.24, 2.45) is 0 Å². The van der Waals surface area contributed by atoms with Crippen LogP contribution in [0.25, 0.3) is 22.4 Å². The SMILES string of the molecule is Cc1ccc(COc2cccc(-c3cc(F)c(Cc4nc5ccc(C(=O)O)nc5n4CCOC(F)F)cc3F)n2)c(F)c1. The van der Waals surface area contributed by atoms with Gasteiger partial charge >= 0.3 is 12.6 Å². The molecule has 0 unspecified atom stereocenters. The number of ether oxygens (including phenoxy) is 2. The number of fused-ring (bicyclic) bond motifs is 1. The highest BCUT2D eigenvalue weighted by Crippen LogP contribution is 2.28. The van der Waals surface area contributed by atoms with Gasteiger partial charge in [0.1, 0.15) is 35.4 Å². The highest BCUT2D eigenvalue weighted by atomic mass is 19.3. The van der Waals surface area contributed by atoms with Gasteiger partial charge in [0, 0.05) is 30.2 Å². The van der Waals surface area contributed by atoms with Crippen LogP contribution >= 0.6 is 0 Å². The van der Waals surface area contributed by atoms with Gasteiger partial charge in [0.15, 0.2) is 11.3 Å². The Morgan fingerprint density at radius 1 is 0.930 bits per heavy atom. The molecule has 222 valence electrons. The van der Waals surface area contributed by atoms with E-state index in [1.54, 1.807) is 19.1 Å². The Kier molecular flexibility index (Phi) is 8.62. The quantitative estimate of drug-likeness (QED) is 0.178. The zero-order valence-electron chi connectivity index (χ0n) is 22.5. The number of nitrogens with zero attached hydrogens (tertiary/aromatic N) is 4. The van der Waals surface area contributed by atoms with Crippen LogP contribution in [-0.4, -0.2) is 43.8 Å². The number of aromatic nitrogens is 4. The van der Waals surface area contributed by atoms with Crippen molar-refractivity contribution in [1.82, 2.24) is 19.5 Å². The van der Waals surface area contributed by atoms with Gasteiger partial charge in [0.05, 0.1) is 12.3 Å². The molecular weight excluding hydrogens is 575 g/mol. The molecule has 0 spiro atoms. The van der Waals surface area contributed by atoms with Crippen LogP contribution in [0, 0.1) is 24.4 Å². The first-order valence-electron chi connectivity index (χ1n) is 12.9. The first kappa shape index (κ1) is 29.6. The Morgan fingerprint density at radius 3 is 2.47 bits per heavy atom. The van der Waals surface area contributed by atoms with E-state index in [0.29, 0.717) is 5.56 Å². The molecule has 0 saturated carbocycles. The number of carboxylic acids is 1. The first-order chi connectivity index (χ1) is 20.6. The lowest BCUT2D eigenvalue weighted by atomic mass is 10.0. The van der Waals surface area contributed by atoms with Gasteiger partial charge < -0.3 is 19.1 Å². The molecule has 1 N–H and O–H groups in total. The summed E-state index contributed by atoms with van der Waals surface area (Å²) in [7, 11) is 0. The highest BCUT2D eigenvalue weighted by Gasteiger charge is 2.20. The van der Waals surface area contributed by atoms with E-state index in [2.05, 4.69) is 19.7 Å². The molecule has 5 aromatic rings. The molecule has 3 heterocycles. The van der Waals surface area contributed by atoms with Gasteiger partial charge in [-0.3, -0.25) is 0 Å². The molecule has 0 amide bonds. The third-order valence-corrected chi connectivity index (χ3v) is 6.52. The summed E-state index contributed by atoms with van der Waals surface area (Å²) in [6.45, 7) is -2.07. The minimum atomic E-state index is -3.04. The summed E-state index contributed by atoms with van der Waals surface area (Å²) in [4.78, 5) is 24.0. The van der Waals surface area contributed by atoms with Gasteiger partial charge in [0.25, 0.3) is 0 Å². The summed E-state index contributed by atoms with van der Waals surface area (Å²) in [6.07, 6.45) is -0.269. The molecule has 13 heteroatoms. The molecule has 0 bridgehead atoms. The molecule has 0 radical (unpaired) electrons. The molecule has 0 fully saturated rings. The number of aromatic carboxylic acids is 1. The van der Waals surface area contributed by atoms with Gasteiger partial charge in [-0.25, -0.2) is 32.9 Å². The Bertz CT molecular complexity index is 1810. The fraction of sp³-hybridized carbons (Fsp3) is 0.200. The summed E-state index contributed by atoms with van der Waals surface area (Å²) in [6, 6.07) is 13.7. The predicted molar refractivity (Wildman–Crippen MR) is 144 cm³/mol. The number of carboxylic acid groups (broad SMARTS) is 1. The van der Waals surface area contributed by atoms with E-state index in [0.717, 1.165) is 17.7 Å². The van der Waals surface area contributed by atoms with Crippen LogP contribution in [0.2, 0.25) is 0 Å². The molecule has 0 aliphatic rings. The largest absolute Gasteiger partial charge is 0.477 e. The van der Waals surface area contributed by atoms with Crippen molar-refractivity contribution < 1.29 is 41.3 Å². The van der Waals surface area contributed by atoms with Gasteiger partial charge in [-0.05, 0) is 54.4 Å². The molecule has 5 rings (SSSR count). The maximum Gasteiger partial charge on any atom is 0.354 e. The average Bonchev–Trinajstić information content (AvgIpc) is 3.30. The smallest absolute Gasteiger partial charge is 0.354 e. The van der Waals surface area contributed by atoms with Crippen molar-refractivity contribution in [2.45, 2.75) is 33.1 Å². The number of rotatable bonds is 11. The summed E-state index contributed by atoms with van der Waals surface area (Å²) < 4.78 is 81.2. The van der Waals surface area contributed by atoms with Crippen molar-refractivity contribution in [3.05, 3.63) is 106 Å². The van der Waals surface area contributed by atoms with E-state index in [4.69, 9.17) is 4.74 Å². The zero-order chi connectivity index (χ0) is 30.7. The number of hydrogen-bond donors (Lipinski definition) is 1. The molecule has 0 saturated heterocycles. The maximum absolute atomic E-state index is 15.3. The van der Waals surface area contributed by atoms with E-state index < -0.39 is 36.6 Å². The van der Waals surface area contributed by atoms with Gasteiger partial charge in [-0.1, -0.05) is 18.2 Å². The summed E-state index contributed by atoms with van der Waals surface area (Å²) >= 11 is 0. The fourth-order valence-corrected chi connectivity index (χ4v) is 4.43. The Labute approximate surface area is 241 Å². The maximum atomic E-state index is 15.3. The molecule has 43 heavy (non-hydrogen) atoms. The molecule has 8 nitrogen and oxygen atoms in total. The third-order valence-electron chi connectivity index (χ3n) is 6.52. The van der Waals surface area contributed by atoms with E-state index >= 15 is 8.78 Å². The van der Waals surface area contributed by atoms with Crippen LogP contribution < -0.4 is 4.74 Å². The van der Waals surface area contributed by atoms with E-state index in [-0.39, 0.29) is 65.0 Å². The van der Waals surface area contributed by atoms with Crippen LogP contribution in [0.5, 0.6) is 5.88 Å². The Morgan fingerprint density at radius 2 is 1.72 bits per heavy atom. The van der Waals surface area contributed by atoms with E-state index in [1.165, 1.54) is 41.0 Å². The first-order valence-corrected chi connectivity index (χ1v) is 12.9. The molecular formula is C30H23F5N4O4. The van der Waals surface area contributed by atoms with Crippen molar-refractivity contribution >= 4 is 17.1 Å². The van der Waals surface area contributed by atoms with Gasteiger partial charge in [-0.15, -0.1) is 0 Å². The lowest BCUT2D eigenvalue weighted by Crippen LogP contribution is -2.13.